The average molecular weight is 1080 g/mol. The maximum Gasteiger partial charge on any atom is 0.335 e. The number of carbonyl (C=O) groups is 4. The number of hydrogen-bond donors (Lipinski definition) is 3. The number of carbonyl (C=O) groups excluding carboxylic acids is 3. The summed E-state index contributed by atoms with van der Waals surface area (Å²) in [5.41, 5.74) is 0. The molecule has 0 aliphatic carbocycles. The van der Waals surface area contributed by atoms with Gasteiger partial charge in [0, 0.05) is 19.3 Å². The van der Waals surface area contributed by atoms with Crippen LogP contribution in [0.4, 0.5) is 0 Å². The van der Waals surface area contributed by atoms with Gasteiger partial charge in [0.2, 0.25) is 0 Å². The molecule has 1 saturated heterocycles. The highest BCUT2D eigenvalue weighted by Gasteiger charge is 2.50. The summed E-state index contributed by atoms with van der Waals surface area (Å²) in [6, 6.07) is 0. The number of aliphatic hydroxyl groups excluding tert-OH is 2. The molecule has 6 unspecified atom stereocenters. The van der Waals surface area contributed by atoms with Crippen LogP contribution in [0.3, 0.4) is 0 Å². The SMILES string of the molecule is CC/C=C\C/C=C\C/C=C\C/C=C\CCCCCCC(=O)OCC(COC1OC(C(=O)O)C(O)C(O)C1OC(=O)CCCCCCCCC/C=C\C/C=C\CCCCC)OC(=O)CCCCCCCCCCCCCCC. The fourth-order valence-electron chi connectivity index (χ4n) is 9.04. The van der Waals surface area contributed by atoms with Crippen LogP contribution < -0.4 is 0 Å². The molecule has 12 heteroatoms. The van der Waals surface area contributed by atoms with E-state index in [-0.39, 0.29) is 25.9 Å². The molecule has 0 amide bonds. The minimum Gasteiger partial charge on any atom is -0.479 e. The zero-order chi connectivity index (χ0) is 56.1. The Morgan fingerprint density at radius 1 is 0.442 bits per heavy atom. The molecule has 442 valence electrons. The van der Waals surface area contributed by atoms with Crippen LogP contribution in [-0.2, 0) is 42.9 Å². The quantitative estimate of drug-likeness (QED) is 0.0228. The van der Waals surface area contributed by atoms with Crippen LogP contribution in [0.25, 0.3) is 0 Å². The van der Waals surface area contributed by atoms with Crippen molar-refractivity contribution in [3.8, 4) is 0 Å². The highest BCUT2D eigenvalue weighted by molar-refractivity contribution is 5.74. The molecule has 0 saturated carbocycles. The van der Waals surface area contributed by atoms with E-state index in [2.05, 4.69) is 93.7 Å². The van der Waals surface area contributed by atoms with Crippen LogP contribution in [0.1, 0.15) is 265 Å². The number of ether oxygens (including phenoxy) is 5. The summed E-state index contributed by atoms with van der Waals surface area (Å²) in [5, 5.41) is 31.5. The number of allylic oxidation sites excluding steroid dienone is 12. The van der Waals surface area contributed by atoms with E-state index in [9.17, 15) is 34.5 Å². The third-order valence-corrected chi connectivity index (χ3v) is 13.8. The predicted molar refractivity (Wildman–Crippen MR) is 312 cm³/mol. The van der Waals surface area contributed by atoms with E-state index in [1.807, 2.05) is 0 Å². The van der Waals surface area contributed by atoms with Gasteiger partial charge in [-0.3, -0.25) is 14.4 Å². The molecule has 0 aromatic rings. The molecule has 1 heterocycles. The van der Waals surface area contributed by atoms with Crippen molar-refractivity contribution in [3.63, 3.8) is 0 Å². The van der Waals surface area contributed by atoms with Crippen molar-refractivity contribution in [2.24, 2.45) is 0 Å². The molecule has 1 aliphatic rings. The average Bonchev–Trinajstić information content (AvgIpc) is 3.42. The first-order valence-electron chi connectivity index (χ1n) is 30.9. The van der Waals surface area contributed by atoms with Crippen molar-refractivity contribution < 1.29 is 58.2 Å². The molecule has 77 heavy (non-hydrogen) atoms. The molecule has 0 aromatic heterocycles. The smallest absolute Gasteiger partial charge is 0.335 e. The van der Waals surface area contributed by atoms with Crippen LogP contribution in [0.5, 0.6) is 0 Å². The molecular formula is C65H110O12. The lowest BCUT2D eigenvalue weighted by atomic mass is 9.98. The van der Waals surface area contributed by atoms with Crippen LogP contribution in [0.2, 0.25) is 0 Å². The van der Waals surface area contributed by atoms with E-state index in [1.165, 1.54) is 77.0 Å². The molecule has 0 spiro atoms. The molecule has 3 N–H and O–H groups in total. The maximum absolute atomic E-state index is 13.2. The summed E-state index contributed by atoms with van der Waals surface area (Å²) < 4.78 is 28.5. The number of esters is 3. The molecular weight excluding hydrogens is 973 g/mol. The van der Waals surface area contributed by atoms with Gasteiger partial charge >= 0.3 is 23.9 Å². The van der Waals surface area contributed by atoms with Crippen molar-refractivity contribution in [3.05, 3.63) is 72.9 Å². The summed E-state index contributed by atoms with van der Waals surface area (Å²) in [4.78, 5) is 51.2. The Kier molecular flexibility index (Phi) is 48.8. The van der Waals surface area contributed by atoms with Crippen molar-refractivity contribution in [1.29, 1.82) is 0 Å². The molecule has 0 bridgehead atoms. The zero-order valence-electron chi connectivity index (χ0n) is 48.7. The van der Waals surface area contributed by atoms with Gasteiger partial charge < -0.3 is 39.0 Å². The van der Waals surface area contributed by atoms with E-state index in [4.69, 9.17) is 23.7 Å². The van der Waals surface area contributed by atoms with Gasteiger partial charge in [0.15, 0.2) is 24.6 Å². The van der Waals surface area contributed by atoms with Crippen molar-refractivity contribution in [2.45, 2.75) is 302 Å². The van der Waals surface area contributed by atoms with Crippen molar-refractivity contribution in [1.82, 2.24) is 0 Å². The predicted octanol–water partition coefficient (Wildman–Crippen LogP) is 16.1. The molecule has 1 rings (SSSR count). The number of aliphatic carboxylic acids is 1. The molecule has 6 atom stereocenters. The van der Waals surface area contributed by atoms with Crippen LogP contribution in [0.15, 0.2) is 72.9 Å². The van der Waals surface area contributed by atoms with Gasteiger partial charge in [0.05, 0.1) is 6.61 Å². The Hall–Kier alpha value is -3.84. The topological polar surface area (TPSA) is 175 Å². The van der Waals surface area contributed by atoms with Crippen molar-refractivity contribution in [2.75, 3.05) is 13.2 Å². The first-order valence-corrected chi connectivity index (χ1v) is 30.9. The second kappa shape index (κ2) is 52.8. The Balaban J connectivity index is 2.69. The minimum atomic E-state index is -1.91. The summed E-state index contributed by atoms with van der Waals surface area (Å²) in [7, 11) is 0. The standard InChI is InChI=1S/C65H110O12/c1-4-7-10-13-16-19-22-25-27-29-31-34-36-39-42-45-48-51-57(66)73-54-56(75-58(67)52-49-46-43-40-37-33-24-21-18-15-12-9-6-3)55-74-65-63(61(70)60(69)62(77-65)64(71)72)76-59(68)53-50-47-44-41-38-35-32-30-28-26-23-20-17-14-11-8-5-2/h7,10,16-17,19-20,25-28,31,34,56,60-63,65,69-70H,4-6,8-9,11-15,18,21-24,29-30,32-33,35-55H2,1-3H3,(H,71,72)/b10-7-,19-16-,20-17-,27-25-,28-26-,34-31-. The minimum absolute atomic E-state index is 0.0485. The first kappa shape index (κ1) is 71.2. The molecule has 0 aromatic carbocycles. The lowest BCUT2D eigenvalue weighted by Gasteiger charge is -2.40. The Morgan fingerprint density at radius 3 is 1.27 bits per heavy atom. The molecule has 0 radical (unpaired) electrons. The van der Waals surface area contributed by atoms with E-state index < -0.39 is 67.3 Å². The lowest BCUT2D eigenvalue weighted by Crippen LogP contribution is -2.61. The number of aliphatic hydroxyl groups is 2. The van der Waals surface area contributed by atoms with Gasteiger partial charge in [-0.05, 0) is 89.9 Å². The van der Waals surface area contributed by atoms with Gasteiger partial charge in [0.25, 0.3) is 0 Å². The van der Waals surface area contributed by atoms with Gasteiger partial charge in [-0.1, -0.05) is 229 Å². The van der Waals surface area contributed by atoms with Gasteiger partial charge in [-0.15, -0.1) is 0 Å². The van der Waals surface area contributed by atoms with Crippen LogP contribution in [-0.4, -0.2) is 89.2 Å². The first-order chi connectivity index (χ1) is 37.6. The van der Waals surface area contributed by atoms with Crippen LogP contribution >= 0.6 is 0 Å². The number of hydrogen-bond acceptors (Lipinski definition) is 11. The summed E-state index contributed by atoms with van der Waals surface area (Å²) >= 11 is 0. The van der Waals surface area contributed by atoms with Gasteiger partial charge in [0.1, 0.15) is 18.8 Å². The summed E-state index contributed by atoms with van der Waals surface area (Å²) in [5.74, 6) is -3.15. The monoisotopic (exact) mass is 1080 g/mol. The molecule has 1 fully saturated rings. The number of carboxylic acid groups (broad SMARTS) is 1. The van der Waals surface area contributed by atoms with Crippen molar-refractivity contribution >= 4 is 23.9 Å². The Morgan fingerprint density at radius 2 is 0.818 bits per heavy atom. The highest BCUT2D eigenvalue weighted by Crippen LogP contribution is 2.26. The fourth-order valence-corrected chi connectivity index (χ4v) is 9.04. The lowest BCUT2D eigenvalue weighted by molar-refractivity contribution is -0.301. The fraction of sp³-hybridized carbons (Fsp3) is 0.754. The van der Waals surface area contributed by atoms with Crippen LogP contribution in [0, 0.1) is 0 Å². The third-order valence-electron chi connectivity index (χ3n) is 13.8. The number of rotatable bonds is 52. The van der Waals surface area contributed by atoms with E-state index in [0.29, 0.717) is 19.3 Å². The second-order valence-electron chi connectivity index (χ2n) is 21.0. The highest BCUT2D eigenvalue weighted by atomic mass is 16.7. The third kappa shape index (κ3) is 42.7. The van der Waals surface area contributed by atoms with E-state index in [1.54, 1.807) is 0 Å². The summed E-state index contributed by atoms with van der Waals surface area (Å²) in [6.07, 6.45) is 54.3. The van der Waals surface area contributed by atoms with E-state index in [0.717, 1.165) is 128 Å². The number of unbranched alkanes of at least 4 members (excludes halogenated alkanes) is 26. The second-order valence-corrected chi connectivity index (χ2v) is 21.0. The Labute approximate surface area is 468 Å². The Bertz CT molecular complexity index is 1620. The van der Waals surface area contributed by atoms with Gasteiger partial charge in [-0.2, -0.15) is 0 Å². The summed E-state index contributed by atoms with van der Waals surface area (Å²) in [6.45, 7) is 5.85. The largest absolute Gasteiger partial charge is 0.479 e. The van der Waals surface area contributed by atoms with E-state index >= 15 is 0 Å². The maximum atomic E-state index is 13.2. The normalized spacial score (nSPS) is 18.5. The zero-order valence-corrected chi connectivity index (χ0v) is 48.7. The molecule has 12 nitrogen and oxygen atoms in total. The molecule has 1 aliphatic heterocycles. The number of carboxylic acids is 1. The van der Waals surface area contributed by atoms with Gasteiger partial charge in [-0.25, -0.2) is 4.79 Å².